The molecule has 0 unspecified atom stereocenters. The number of ether oxygens (including phenoxy) is 1. The van der Waals surface area contributed by atoms with Gasteiger partial charge < -0.3 is 14.5 Å². The summed E-state index contributed by atoms with van der Waals surface area (Å²) in [6, 6.07) is 4.02. The molecular weight excluding hydrogens is 224 g/mol. The van der Waals surface area contributed by atoms with Crippen molar-refractivity contribution in [3.8, 4) is 10.6 Å². The van der Waals surface area contributed by atoms with E-state index >= 15 is 0 Å². The molecule has 2 aromatic rings. The van der Waals surface area contributed by atoms with Crippen molar-refractivity contribution in [3.05, 3.63) is 29.6 Å². The Morgan fingerprint density at radius 3 is 3.25 bits per heavy atom. The monoisotopic (exact) mass is 238 g/mol. The fourth-order valence-electron chi connectivity index (χ4n) is 1.29. The molecule has 2 heterocycles. The molecule has 0 fully saturated rings. The maximum Gasteiger partial charge on any atom is 0.208 e. The second-order valence-electron chi connectivity index (χ2n) is 3.27. The summed E-state index contributed by atoms with van der Waals surface area (Å²) in [6.07, 6.45) is 1.76. The van der Waals surface area contributed by atoms with E-state index < -0.39 is 0 Å². The van der Waals surface area contributed by atoms with Gasteiger partial charge in [0.2, 0.25) is 5.89 Å². The molecule has 0 aromatic carbocycles. The Balaban J connectivity index is 1.88. The molecule has 0 bridgehead atoms. The van der Waals surface area contributed by atoms with Crippen molar-refractivity contribution < 1.29 is 9.15 Å². The molecule has 16 heavy (non-hydrogen) atoms. The van der Waals surface area contributed by atoms with E-state index in [0.717, 1.165) is 17.2 Å². The van der Waals surface area contributed by atoms with Crippen molar-refractivity contribution >= 4 is 11.3 Å². The summed E-state index contributed by atoms with van der Waals surface area (Å²) in [5.74, 6) is 1.54. The van der Waals surface area contributed by atoms with Crippen LogP contribution in [-0.2, 0) is 11.3 Å². The number of hydrogen-bond donors (Lipinski definition) is 1. The van der Waals surface area contributed by atoms with Crippen molar-refractivity contribution in [3.63, 3.8) is 0 Å². The average molecular weight is 238 g/mol. The van der Waals surface area contributed by atoms with Gasteiger partial charge in [-0.05, 0) is 11.4 Å². The third-order valence-electron chi connectivity index (χ3n) is 2.08. The lowest BCUT2D eigenvalue weighted by Crippen LogP contribution is -2.18. The molecule has 0 aliphatic rings. The molecule has 2 rings (SSSR count). The number of oxazole rings is 1. The highest BCUT2D eigenvalue weighted by Crippen LogP contribution is 2.24. The van der Waals surface area contributed by atoms with E-state index in [-0.39, 0.29) is 0 Å². The highest BCUT2D eigenvalue weighted by molar-refractivity contribution is 7.13. The van der Waals surface area contributed by atoms with Crippen molar-refractivity contribution in [2.45, 2.75) is 6.54 Å². The van der Waals surface area contributed by atoms with Gasteiger partial charge in [-0.15, -0.1) is 11.3 Å². The average Bonchev–Trinajstić information content (AvgIpc) is 2.94. The van der Waals surface area contributed by atoms with Crippen molar-refractivity contribution in [1.29, 1.82) is 0 Å². The van der Waals surface area contributed by atoms with Crippen LogP contribution in [0.2, 0.25) is 0 Å². The van der Waals surface area contributed by atoms with Crippen molar-refractivity contribution in [2.75, 3.05) is 20.3 Å². The Hall–Kier alpha value is -1.17. The van der Waals surface area contributed by atoms with Gasteiger partial charge in [0.15, 0.2) is 5.76 Å². The number of aromatic nitrogens is 1. The summed E-state index contributed by atoms with van der Waals surface area (Å²) in [7, 11) is 1.68. The van der Waals surface area contributed by atoms with E-state index in [1.807, 2.05) is 17.5 Å². The zero-order valence-corrected chi connectivity index (χ0v) is 9.92. The first-order chi connectivity index (χ1) is 7.90. The highest BCUT2D eigenvalue weighted by Gasteiger charge is 2.06. The first-order valence-corrected chi connectivity index (χ1v) is 5.96. The molecule has 86 valence electrons. The van der Waals surface area contributed by atoms with Crippen LogP contribution in [-0.4, -0.2) is 25.2 Å². The number of methoxy groups -OCH3 is 1. The first-order valence-electron chi connectivity index (χ1n) is 5.08. The van der Waals surface area contributed by atoms with E-state index in [1.54, 1.807) is 24.6 Å². The van der Waals surface area contributed by atoms with Crippen LogP contribution in [0.15, 0.2) is 28.1 Å². The third kappa shape index (κ3) is 2.91. The van der Waals surface area contributed by atoms with E-state index in [9.17, 15) is 0 Å². The van der Waals surface area contributed by atoms with Gasteiger partial charge in [0, 0.05) is 13.7 Å². The quantitative estimate of drug-likeness (QED) is 0.783. The molecule has 0 radical (unpaired) electrons. The summed E-state index contributed by atoms with van der Waals surface area (Å²) < 4.78 is 10.5. The van der Waals surface area contributed by atoms with Gasteiger partial charge in [-0.3, -0.25) is 0 Å². The summed E-state index contributed by atoms with van der Waals surface area (Å²) in [4.78, 5) is 5.31. The van der Waals surface area contributed by atoms with Crippen LogP contribution in [0.3, 0.4) is 0 Å². The Kier molecular flexibility index (Phi) is 4.10. The molecule has 2 aromatic heterocycles. The molecule has 0 spiro atoms. The molecule has 0 atom stereocenters. The Labute approximate surface area is 98.3 Å². The second-order valence-corrected chi connectivity index (χ2v) is 4.21. The molecule has 0 aliphatic heterocycles. The Bertz CT molecular complexity index is 411. The van der Waals surface area contributed by atoms with E-state index in [1.165, 1.54) is 0 Å². The molecule has 0 saturated heterocycles. The highest BCUT2D eigenvalue weighted by atomic mass is 32.1. The third-order valence-corrected chi connectivity index (χ3v) is 2.96. The molecule has 0 aliphatic carbocycles. The van der Waals surface area contributed by atoms with Crippen LogP contribution in [0.5, 0.6) is 0 Å². The topological polar surface area (TPSA) is 47.3 Å². The van der Waals surface area contributed by atoms with Crippen LogP contribution < -0.4 is 5.32 Å². The lowest BCUT2D eigenvalue weighted by Gasteiger charge is -1.99. The number of nitrogens with zero attached hydrogens (tertiary/aromatic N) is 1. The zero-order chi connectivity index (χ0) is 11.2. The molecule has 0 amide bonds. The minimum atomic E-state index is 0.634. The van der Waals surface area contributed by atoms with E-state index in [4.69, 9.17) is 9.15 Å². The summed E-state index contributed by atoms with van der Waals surface area (Å²) in [5.41, 5.74) is 0. The smallest absolute Gasteiger partial charge is 0.208 e. The molecular formula is C11H14N2O2S. The van der Waals surface area contributed by atoms with E-state index in [0.29, 0.717) is 19.0 Å². The maximum atomic E-state index is 5.60. The minimum Gasteiger partial charge on any atom is -0.438 e. The fourth-order valence-corrected chi connectivity index (χ4v) is 1.97. The van der Waals surface area contributed by atoms with Gasteiger partial charge in [0.05, 0.1) is 24.2 Å². The second kappa shape index (κ2) is 5.79. The van der Waals surface area contributed by atoms with Gasteiger partial charge in [-0.1, -0.05) is 6.07 Å². The lowest BCUT2D eigenvalue weighted by atomic mass is 10.4. The van der Waals surface area contributed by atoms with Crippen LogP contribution in [0.1, 0.15) is 5.89 Å². The standard InChI is InChI=1S/C11H14N2O2S/c1-14-5-4-12-8-11-13-7-9(15-11)10-3-2-6-16-10/h2-3,6-7,12H,4-5,8H2,1H3. The fraction of sp³-hybridized carbons (Fsp3) is 0.364. The normalized spacial score (nSPS) is 10.8. The zero-order valence-electron chi connectivity index (χ0n) is 9.10. The number of thiophene rings is 1. The van der Waals surface area contributed by atoms with Gasteiger partial charge in [-0.25, -0.2) is 4.98 Å². The van der Waals surface area contributed by atoms with Crippen molar-refractivity contribution in [2.24, 2.45) is 0 Å². The lowest BCUT2D eigenvalue weighted by molar-refractivity contribution is 0.198. The van der Waals surface area contributed by atoms with Crippen LogP contribution in [0.25, 0.3) is 10.6 Å². The number of rotatable bonds is 6. The summed E-state index contributed by atoms with van der Waals surface area (Å²) >= 11 is 1.65. The SMILES string of the molecule is COCCNCc1ncc(-c2cccs2)o1. The first kappa shape index (κ1) is 11.3. The molecule has 1 N–H and O–H groups in total. The van der Waals surface area contributed by atoms with Crippen LogP contribution in [0, 0.1) is 0 Å². The van der Waals surface area contributed by atoms with Crippen molar-refractivity contribution in [1.82, 2.24) is 10.3 Å². The van der Waals surface area contributed by atoms with Crippen LogP contribution in [0.4, 0.5) is 0 Å². The Morgan fingerprint density at radius 2 is 2.50 bits per heavy atom. The van der Waals surface area contributed by atoms with Gasteiger partial charge in [0.1, 0.15) is 0 Å². The maximum absolute atomic E-state index is 5.60. The Morgan fingerprint density at radius 1 is 1.56 bits per heavy atom. The summed E-state index contributed by atoms with van der Waals surface area (Å²) in [6.45, 7) is 2.13. The summed E-state index contributed by atoms with van der Waals surface area (Å²) in [5, 5.41) is 5.21. The van der Waals surface area contributed by atoms with E-state index in [2.05, 4.69) is 10.3 Å². The number of nitrogens with one attached hydrogen (secondary N) is 1. The van der Waals surface area contributed by atoms with Gasteiger partial charge in [0.25, 0.3) is 0 Å². The molecule has 0 saturated carbocycles. The predicted octanol–water partition coefficient (Wildman–Crippen LogP) is 2.14. The molecule has 4 nitrogen and oxygen atoms in total. The predicted molar refractivity (Wildman–Crippen MR) is 63.4 cm³/mol. The van der Waals surface area contributed by atoms with Gasteiger partial charge in [-0.2, -0.15) is 0 Å². The number of hydrogen-bond acceptors (Lipinski definition) is 5. The van der Waals surface area contributed by atoms with Crippen LogP contribution >= 0.6 is 11.3 Å². The largest absolute Gasteiger partial charge is 0.438 e. The van der Waals surface area contributed by atoms with Gasteiger partial charge >= 0.3 is 0 Å². The minimum absolute atomic E-state index is 0.634. The molecule has 5 heteroatoms.